The van der Waals surface area contributed by atoms with E-state index in [2.05, 4.69) is 5.32 Å². The van der Waals surface area contributed by atoms with E-state index in [-0.39, 0.29) is 16.5 Å². The van der Waals surface area contributed by atoms with Crippen molar-refractivity contribution < 1.29 is 13.6 Å². The van der Waals surface area contributed by atoms with Crippen LogP contribution in [-0.4, -0.2) is 12.5 Å². The molecule has 0 aliphatic carbocycles. The average molecular weight is 324 g/mol. The van der Waals surface area contributed by atoms with Crippen LogP contribution in [-0.2, 0) is 0 Å². The van der Waals surface area contributed by atoms with Crippen molar-refractivity contribution in [2.24, 2.45) is 0 Å². The SMILES string of the molecule is CCC(CNC(=O)c1cc(F)c(F)cc1Cl)c1ccccc1. The fourth-order valence-electron chi connectivity index (χ4n) is 2.23. The second kappa shape index (κ2) is 7.36. The van der Waals surface area contributed by atoms with Crippen molar-refractivity contribution in [3.05, 3.63) is 70.2 Å². The predicted molar refractivity (Wildman–Crippen MR) is 83.2 cm³/mol. The van der Waals surface area contributed by atoms with Crippen LogP contribution in [0, 0.1) is 11.6 Å². The third kappa shape index (κ3) is 3.83. The minimum atomic E-state index is -1.09. The van der Waals surface area contributed by atoms with Gasteiger partial charge in [-0.15, -0.1) is 0 Å². The third-order valence-corrected chi connectivity index (χ3v) is 3.84. The van der Waals surface area contributed by atoms with Gasteiger partial charge in [-0.25, -0.2) is 8.78 Å². The van der Waals surface area contributed by atoms with Crippen LogP contribution in [0.3, 0.4) is 0 Å². The molecule has 2 nitrogen and oxygen atoms in total. The van der Waals surface area contributed by atoms with Gasteiger partial charge in [0.2, 0.25) is 0 Å². The zero-order valence-electron chi connectivity index (χ0n) is 12.1. The van der Waals surface area contributed by atoms with Crippen LogP contribution in [0.5, 0.6) is 0 Å². The highest BCUT2D eigenvalue weighted by Gasteiger charge is 2.16. The van der Waals surface area contributed by atoms with Gasteiger partial charge in [0, 0.05) is 12.5 Å². The van der Waals surface area contributed by atoms with Crippen molar-refractivity contribution in [3.63, 3.8) is 0 Å². The van der Waals surface area contributed by atoms with E-state index in [9.17, 15) is 13.6 Å². The Morgan fingerprint density at radius 1 is 1.18 bits per heavy atom. The summed E-state index contributed by atoms with van der Waals surface area (Å²) in [5.41, 5.74) is 1.05. The monoisotopic (exact) mass is 323 g/mol. The van der Waals surface area contributed by atoms with Gasteiger partial charge in [0.05, 0.1) is 10.6 Å². The maximum absolute atomic E-state index is 13.2. The molecule has 0 radical (unpaired) electrons. The van der Waals surface area contributed by atoms with Gasteiger partial charge in [0.15, 0.2) is 11.6 Å². The largest absolute Gasteiger partial charge is 0.351 e. The molecule has 1 unspecified atom stereocenters. The second-order valence-corrected chi connectivity index (χ2v) is 5.38. The lowest BCUT2D eigenvalue weighted by Crippen LogP contribution is -2.28. The zero-order chi connectivity index (χ0) is 16.1. The Bertz CT molecular complexity index is 661. The number of hydrogen-bond acceptors (Lipinski definition) is 1. The van der Waals surface area contributed by atoms with E-state index >= 15 is 0 Å². The molecule has 0 bridgehead atoms. The van der Waals surface area contributed by atoms with Gasteiger partial charge >= 0.3 is 0 Å². The van der Waals surface area contributed by atoms with E-state index < -0.39 is 17.5 Å². The van der Waals surface area contributed by atoms with Gasteiger partial charge in [-0.1, -0.05) is 48.9 Å². The number of rotatable bonds is 5. The van der Waals surface area contributed by atoms with Gasteiger partial charge in [0.25, 0.3) is 5.91 Å². The van der Waals surface area contributed by atoms with Gasteiger partial charge in [0.1, 0.15) is 0 Å². The van der Waals surface area contributed by atoms with Crippen LogP contribution in [0.15, 0.2) is 42.5 Å². The fourth-order valence-corrected chi connectivity index (χ4v) is 2.47. The molecule has 0 fully saturated rings. The average Bonchev–Trinajstić information content (AvgIpc) is 2.52. The molecule has 2 aromatic rings. The van der Waals surface area contributed by atoms with Crippen LogP contribution in [0.2, 0.25) is 5.02 Å². The van der Waals surface area contributed by atoms with Crippen LogP contribution in [0.25, 0.3) is 0 Å². The zero-order valence-corrected chi connectivity index (χ0v) is 12.8. The molecule has 0 heterocycles. The first-order valence-corrected chi connectivity index (χ1v) is 7.38. The molecule has 1 atom stereocenters. The minimum absolute atomic E-state index is 0.0662. The molecule has 2 aromatic carbocycles. The molecule has 1 amide bonds. The number of benzene rings is 2. The molecule has 5 heteroatoms. The first-order valence-electron chi connectivity index (χ1n) is 7.00. The Morgan fingerprint density at radius 2 is 1.82 bits per heavy atom. The molecular formula is C17H16ClF2NO. The summed E-state index contributed by atoms with van der Waals surface area (Å²) in [5, 5.41) is 2.62. The second-order valence-electron chi connectivity index (χ2n) is 4.97. The Morgan fingerprint density at radius 3 is 2.45 bits per heavy atom. The van der Waals surface area contributed by atoms with Crippen molar-refractivity contribution >= 4 is 17.5 Å². The smallest absolute Gasteiger partial charge is 0.252 e. The van der Waals surface area contributed by atoms with Crippen molar-refractivity contribution in [1.29, 1.82) is 0 Å². The number of carbonyl (C=O) groups excluding carboxylic acids is 1. The normalized spacial score (nSPS) is 12.0. The topological polar surface area (TPSA) is 29.1 Å². The molecule has 0 aliphatic heterocycles. The highest BCUT2D eigenvalue weighted by Crippen LogP contribution is 2.21. The van der Waals surface area contributed by atoms with Gasteiger partial charge < -0.3 is 5.32 Å². The summed E-state index contributed by atoms with van der Waals surface area (Å²) >= 11 is 5.80. The Hall–Kier alpha value is -1.94. The van der Waals surface area contributed by atoms with E-state index in [4.69, 9.17) is 11.6 Å². The lowest BCUT2D eigenvalue weighted by Gasteiger charge is -2.16. The maximum Gasteiger partial charge on any atom is 0.252 e. The number of amides is 1. The Kier molecular flexibility index (Phi) is 5.50. The highest BCUT2D eigenvalue weighted by molar-refractivity contribution is 6.33. The van der Waals surface area contributed by atoms with Crippen LogP contribution < -0.4 is 5.32 Å². The summed E-state index contributed by atoms with van der Waals surface area (Å²) in [4.78, 5) is 12.1. The van der Waals surface area contributed by atoms with Crippen LogP contribution >= 0.6 is 11.6 Å². The molecule has 0 spiro atoms. The number of nitrogens with one attached hydrogen (secondary N) is 1. The summed E-state index contributed by atoms with van der Waals surface area (Å²) in [5.74, 6) is -2.53. The lowest BCUT2D eigenvalue weighted by atomic mass is 9.96. The number of hydrogen-bond donors (Lipinski definition) is 1. The van der Waals surface area contributed by atoms with Crippen LogP contribution in [0.1, 0.15) is 35.2 Å². The maximum atomic E-state index is 13.2. The summed E-state index contributed by atoms with van der Waals surface area (Å²) in [7, 11) is 0. The summed E-state index contributed by atoms with van der Waals surface area (Å²) in [6, 6.07) is 11.4. The van der Waals surface area contributed by atoms with Gasteiger partial charge in [-0.2, -0.15) is 0 Å². The lowest BCUT2D eigenvalue weighted by molar-refractivity contribution is 0.0950. The molecule has 0 aliphatic rings. The minimum Gasteiger partial charge on any atom is -0.351 e. The molecule has 0 saturated carbocycles. The summed E-state index contributed by atoms with van der Waals surface area (Å²) in [6.45, 7) is 2.42. The molecule has 1 N–H and O–H groups in total. The van der Waals surface area contributed by atoms with Crippen molar-refractivity contribution in [2.45, 2.75) is 19.3 Å². The molecular weight excluding hydrogens is 308 g/mol. The van der Waals surface area contributed by atoms with E-state index in [1.165, 1.54) is 0 Å². The van der Waals surface area contributed by atoms with Gasteiger partial charge in [-0.3, -0.25) is 4.79 Å². The van der Waals surface area contributed by atoms with Crippen molar-refractivity contribution in [3.8, 4) is 0 Å². The number of halogens is 3. The molecule has 2 rings (SSSR count). The van der Waals surface area contributed by atoms with Crippen LogP contribution in [0.4, 0.5) is 8.78 Å². The highest BCUT2D eigenvalue weighted by atomic mass is 35.5. The molecule has 22 heavy (non-hydrogen) atoms. The third-order valence-electron chi connectivity index (χ3n) is 3.53. The molecule has 0 aromatic heterocycles. The van der Waals surface area contributed by atoms with E-state index in [0.717, 1.165) is 24.1 Å². The Labute approximate surface area is 133 Å². The quantitative estimate of drug-likeness (QED) is 0.804. The van der Waals surface area contributed by atoms with E-state index in [1.807, 2.05) is 37.3 Å². The molecule has 116 valence electrons. The summed E-state index contributed by atoms with van der Waals surface area (Å²) < 4.78 is 26.3. The predicted octanol–water partition coefficient (Wildman–Crippen LogP) is 4.54. The molecule has 0 saturated heterocycles. The summed E-state index contributed by atoms with van der Waals surface area (Å²) in [6.07, 6.45) is 0.843. The first-order chi connectivity index (χ1) is 10.5. The fraction of sp³-hybridized carbons (Fsp3) is 0.235. The van der Waals surface area contributed by atoms with E-state index in [1.54, 1.807) is 0 Å². The first kappa shape index (κ1) is 16.4. The van der Waals surface area contributed by atoms with Crippen molar-refractivity contribution in [2.75, 3.05) is 6.54 Å². The standard InChI is InChI=1S/C17H16ClF2NO/c1-2-11(12-6-4-3-5-7-12)10-21-17(22)13-8-15(19)16(20)9-14(13)18/h3-9,11H,2,10H2,1H3,(H,21,22). The number of carbonyl (C=O) groups is 1. The van der Waals surface area contributed by atoms with Gasteiger partial charge in [-0.05, 0) is 24.1 Å². The van der Waals surface area contributed by atoms with E-state index in [0.29, 0.717) is 6.54 Å². The van der Waals surface area contributed by atoms with Crippen molar-refractivity contribution in [1.82, 2.24) is 5.32 Å². The Balaban J connectivity index is 2.08.